The van der Waals surface area contributed by atoms with E-state index in [-0.39, 0.29) is 18.6 Å². The molecule has 1 aromatic carbocycles. The number of fused-ring (bicyclic) bond motifs is 2. The van der Waals surface area contributed by atoms with E-state index in [2.05, 4.69) is 37.4 Å². The fourth-order valence-corrected chi connectivity index (χ4v) is 6.41. The van der Waals surface area contributed by atoms with Gasteiger partial charge in [0.05, 0.1) is 35.1 Å². The van der Waals surface area contributed by atoms with Gasteiger partial charge in [0.2, 0.25) is 5.91 Å². The summed E-state index contributed by atoms with van der Waals surface area (Å²) in [7, 11) is 1.54. The van der Waals surface area contributed by atoms with Gasteiger partial charge in [-0.25, -0.2) is 9.97 Å². The Bertz CT molecular complexity index is 1400. The lowest BCUT2D eigenvalue weighted by Gasteiger charge is -2.32. The zero-order chi connectivity index (χ0) is 25.2. The number of H-pyrrole nitrogens is 1. The first-order valence-electron chi connectivity index (χ1n) is 12.7. The number of aromatic nitrogens is 4. The van der Waals surface area contributed by atoms with Crippen molar-refractivity contribution in [2.24, 2.45) is 0 Å². The highest BCUT2D eigenvalue weighted by molar-refractivity contribution is 7.19. The zero-order valence-electron chi connectivity index (χ0n) is 20.9. The third-order valence-corrected chi connectivity index (χ3v) is 8.07. The van der Waals surface area contributed by atoms with Crippen molar-refractivity contribution in [3.63, 3.8) is 0 Å². The molecule has 10 nitrogen and oxygen atoms in total. The monoisotopic (exact) mass is 521 g/mol. The molecule has 0 aliphatic carbocycles. The van der Waals surface area contributed by atoms with Gasteiger partial charge in [-0.3, -0.25) is 14.8 Å². The fourth-order valence-electron chi connectivity index (χ4n) is 5.25. The Hall–Kier alpha value is -3.12. The molecule has 0 saturated carbocycles. The molecule has 11 heteroatoms. The van der Waals surface area contributed by atoms with Crippen LogP contribution in [0.15, 0.2) is 30.5 Å². The number of amides is 1. The predicted octanol–water partition coefficient (Wildman–Crippen LogP) is 2.80. The van der Waals surface area contributed by atoms with Gasteiger partial charge in [0.15, 0.2) is 11.6 Å². The van der Waals surface area contributed by atoms with Crippen LogP contribution in [0.3, 0.4) is 0 Å². The first kappa shape index (κ1) is 24.2. The number of nitrogens with zero attached hydrogens (tertiary/aromatic N) is 5. The molecule has 0 bridgehead atoms. The number of methoxy groups -OCH3 is 1. The number of hydrogen-bond acceptors (Lipinski definition) is 9. The Kier molecular flexibility index (Phi) is 7.01. The second-order valence-electron chi connectivity index (χ2n) is 9.61. The quantitative estimate of drug-likeness (QED) is 0.382. The Morgan fingerprint density at radius 3 is 3.03 bits per heavy atom. The van der Waals surface area contributed by atoms with Gasteiger partial charge >= 0.3 is 0 Å². The van der Waals surface area contributed by atoms with Crippen molar-refractivity contribution >= 4 is 44.2 Å². The average Bonchev–Trinajstić information content (AvgIpc) is 3.55. The average molecular weight is 522 g/mol. The number of benzene rings is 1. The normalized spacial score (nSPS) is 19.1. The summed E-state index contributed by atoms with van der Waals surface area (Å²) in [6.07, 6.45) is 3.89. The predicted molar refractivity (Wildman–Crippen MR) is 144 cm³/mol. The van der Waals surface area contributed by atoms with Crippen molar-refractivity contribution < 1.29 is 14.3 Å². The lowest BCUT2D eigenvalue weighted by atomic mass is 10.1. The smallest absolute Gasteiger partial charge is 0.246 e. The largest absolute Gasteiger partial charge is 0.378 e. The molecule has 1 unspecified atom stereocenters. The number of carbonyl (C=O) groups is 1. The van der Waals surface area contributed by atoms with Crippen molar-refractivity contribution in [1.82, 2.24) is 30.4 Å². The second kappa shape index (κ2) is 10.7. The number of hydrogen-bond donors (Lipinski definition) is 2. The van der Waals surface area contributed by atoms with E-state index >= 15 is 0 Å². The van der Waals surface area contributed by atoms with E-state index in [0.29, 0.717) is 19.0 Å². The van der Waals surface area contributed by atoms with Crippen LogP contribution in [0.4, 0.5) is 5.82 Å². The highest BCUT2D eigenvalue weighted by Gasteiger charge is 2.24. The number of thiophene rings is 1. The number of nitrogens with one attached hydrogen (secondary N) is 2. The second-order valence-corrected chi connectivity index (χ2v) is 10.7. The summed E-state index contributed by atoms with van der Waals surface area (Å²) in [6.45, 7) is 5.78. The van der Waals surface area contributed by atoms with E-state index in [0.717, 1.165) is 78.1 Å². The van der Waals surface area contributed by atoms with Gasteiger partial charge in [-0.05, 0) is 31.5 Å². The van der Waals surface area contributed by atoms with E-state index < -0.39 is 0 Å². The fraction of sp³-hybridized carbons (Fsp3) is 0.462. The summed E-state index contributed by atoms with van der Waals surface area (Å²) in [4.78, 5) is 28.1. The summed E-state index contributed by atoms with van der Waals surface area (Å²) in [6, 6.07) is 8.43. The first-order valence-corrected chi connectivity index (χ1v) is 13.6. The van der Waals surface area contributed by atoms with Gasteiger partial charge in [0, 0.05) is 55.2 Å². The molecule has 2 aliphatic rings. The summed E-state index contributed by atoms with van der Waals surface area (Å²) in [5.41, 5.74) is 2.91. The van der Waals surface area contributed by atoms with Gasteiger partial charge in [-0.15, -0.1) is 11.3 Å². The number of anilines is 1. The number of ether oxygens (including phenoxy) is 2. The van der Waals surface area contributed by atoms with Crippen molar-refractivity contribution in [3.8, 4) is 11.4 Å². The van der Waals surface area contributed by atoms with Crippen molar-refractivity contribution in [2.75, 3.05) is 58.0 Å². The molecule has 4 aromatic rings. The molecule has 2 aliphatic heterocycles. The molecule has 2 N–H and O–H groups in total. The number of morpholine rings is 1. The Morgan fingerprint density at radius 2 is 2.16 bits per heavy atom. The Labute approximate surface area is 219 Å². The molecule has 1 atom stereocenters. The van der Waals surface area contributed by atoms with Crippen LogP contribution in [0.1, 0.15) is 17.7 Å². The van der Waals surface area contributed by atoms with Crippen molar-refractivity contribution in [1.29, 1.82) is 0 Å². The molecule has 0 spiro atoms. The first-order chi connectivity index (χ1) is 18.2. The van der Waals surface area contributed by atoms with Gasteiger partial charge in [0.1, 0.15) is 6.61 Å². The SMILES string of the molecule is COCC(=O)NC1CCCN(Cc2cc3nc(-c4cccc5[nH]ncc45)nc(N4CCOCC4)c3s2)C1. The molecule has 5 heterocycles. The van der Waals surface area contributed by atoms with Gasteiger partial charge in [-0.2, -0.15) is 5.10 Å². The molecule has 1 amide bonds. The molecular weight excluding hydrogens is 490 g/mol. The van der Waals surface area contributed by atoms with Crippen LogP contribution in [-0.4, -0.2) is 90.1 Å². The Balaban J connectivity index is 1.31. The maximum absolute atomic E-state index is 12.0. The van der Waals surface area contributed by atoms with E-state index in [4.69, 9.17) is 19.4 Å². The summed E-state index contributed by atoms with van der Waals surface area (Å²) in [5, 5.41) is 11.4. The topological polar surface area (TPSA) is 108 Å². The van der Waals surface area contributed by atoms with Crippen LogP contribution in [-0.2, 0) is 20.8 Å². The van der Waals surface area contributed by atoms with Gasteiger partial charge < -0.3 is 19.7 Å². The van der Waals surface area contributed by atoms with Crippen LogP contribution < -0.4 is 10.2 Å². The van der Waals surface area contributed by atoms with Crippen molar-refractivity contribution in [3.05, 3.63) is 35.3 Å². The summed E-state index contributed by atoms with van der Waals surface area (Å²) >= 11 is 1.77. The third kappa shape index (κ3) is 5.17. The zero-order valence-corrected chi connectivity index (χ0v) is 21.7. The molecular formula is C26H31N7O3S. The number of rotatable bonds is 7. The van der Waals surface area contributed by atoms with E-state index in [1.165, 1.54) is 4.88 Å². The van der Waals surface area contributed by atoms with Crippen LogP contribution >= 0.6 is 11.3 Å². The number of likely N-dealkylation sites (tertiary alicyclic amines) is 1. The summed E-state index contributed by atoms with van der Waals surface area (Å²) in [5.74, 6) is 1.63. The highest BCUT2D eigenvalue weighted by atomic mass is 32.1. The van der Waals surface area contributed by atoms with Gasteiger partial charge in [0.25, 0.3) is 0 Å². The maximum Gasteiger partial charge on any atom is 0.246 e. The number of aromatic amines is 1. The van der Waals surface area contributed by atoms with E-state index in [1.54, 1.807) is 18.4 Å². The summed E-state index contributed by atoms with van der Waals surface area (Å²) < 4.78 is 11.7. The van der Waals surface area contributed by atoms with Crippen molar-refractivity contribution in [2.45, 2.75) is 25.4 Å². The lowest BCUT2D eigenvalue weighted by Crippen LogP contribution is -2.48. The Morgan fingerprint density at radius 1 is 1.27 bits per heavy atom. The molecule has 37 heavy (non-hydrogen) atoms. The van der Waals surface area contributed by atoms with E-state index in [9.17, 15) is 4.79 Å². The molecule has 194 valence electrons. The van der Waals surface area contributed by atoms with Crippen LogP contribution in [0.25, 0.3) is 32.5 Å². The highest BCUT2D eigenvalue weighted by Crippen LogP contribution is 2.36. The van der Waals surface area contributed by atoms with Gasteiger partial charge in [-0.1, -0.05) is 12.1 Å². The molecule has 2 saturated heterocycles. The molecule has 2 fully saturated rings. The van der Waals surface area contributed by atoms with Crippen LogP contribution in [0.5, 0.6) is 0 Å². The molecule has 0 radical (unpaired) electrons. The molecule has 6 rings (SSSR count). The lowest BCUT2D eigenvalue weighted by molar-refractivity contribution is -0.125. The number of carbonyl (C=O) groups excluding carboxylic acids is 1. The standard InChI is InChI=1S/C26H31N7O3S/c1-35-16-23(34)28-17-4-3-7-32(14-17)15-18-12-22-24(37-18)26(33-8-10-36-11-9-33)30-25(29-22)19-5-2-6-21-20(19)13-27-31-21/h2,5-6,12-13,17H,3-4,7-11,14-16H2,1H3,(H,27,31)(H,28,34). The van der Waals surface area contributed by atoms with Crippen LogP contribution in [0, 0.1) is 0 Å². The minimum Gasteiger partial charge on any atom is -0.378 e. The van der Waals surface area contributed by atoms with Crippen LogP contribution in [0.2, 0.25) is 0 Å². The van der Waals surface area contributed by atoms with E-state index in [1.807, 2.05) is 18.3 Å². The number of piperidine rings is 1. The molecule has 3 aromatic heterocycles. The third-order valence-electron chi connectivity index (χ3n) is 6.97. The maximum atomic E-state index is 12.0. The minimum atomic E-state index is -0.0539. The minimum absolute atomic E-state index is 0.0539.